The van der Waals surface area contributed by atoms with Crippen LogP contribution in [0, 0.1) is 0 Å². The van der Waals surface area contributed by atoms with Gasteiger partial charge in [0.2, 0.25) is 0 Å². The van der Waals surface area contributed by atoms with Gasteiger partial charge in [0.05, 0.1) is 0 Å². The van der Waals surface area contributed by atoms with Crippen LogP contribution in [0.25, 0.3) is 0 Å². The van der Waals surface area contributed by atoms with E-state index in [1.165, 1.54) is 0 Å². The zero-order valence-corrected chi connectivity index (χ0v) is 5.66. The van der Waals surface area contributed by atoms with Gasteiger partial charge >= 0.3 is 0 Å². The molecule has 0 radical (unpaired) electrons. The molecule has 1 aromatic rings. The van der Waals surface area contributed by atoms with Crippen molar-refractivity contribution in [1.82, 2.24) is 5.48 Å². The Kier molecular flexibility index (Phi) is 2.12. The van der Waals surface area contributed by atoms with E-state index in [2.05, 4.69) is 5.48 Å². The van der Waals surface area contributed by atoms with Gasteiger partial charge in [0.1, 0.15) is 11.5 Å². The Labute approximate surface area is 59.2 Å². The minimum Gasteiger partial charge on any atom is -0.508 e. The van der Waals surface area contributed by atoms with Gasteiger partial charge in [-0.2, -0.15) is 5.48 Å². The molecule has 3 heteroatoms. The molecule has 0 saturated heterocycles. The first kappa shape index (κ1) is 6.89. The highest BCUT2D eigenvalue weighted by molar-refractivity contribution is 5.29. The summed E-state index contributed by atoms with van der Waals surface area (Å²) in [6.45, 7) is 0. The Morgan fingerprint density at radius 2 is 1.90 bits per heavy atom. The van der Waals surface area contributed by atoms with Crippen molar-refractivity contribution in [1.29, 1.82) is 0 Å². The van der Waals surface area contributed by atoms with Crippen LogP contribution in [0.5, 0.6) is 11.5 Å². The number of phenols is 1. The molecule has 0 unspecified atom stereocenters. The highest BCUT2D eigenvalue weighted by Crippen LogP contribution is 2.14. The van der Waals surface area contributed by atoms with Crippen LogP contribution < -0.4 is 10.3 Å². The van der Waals surface area contributed by atoms with Gasteiger partial charge in [0.15, 0.2) is 0 Å². The summed E-state index contributed by atoms with van der Waals surface area (Å²) in [6.07, 6.45) is 0. The van der Waals surface area contributed by atoms with E-state index >= 15 is 0 Å². The van der Waals surface area contributed by atoms with Gasteiger partial charge in [-0.25, -0.2) is 0 Å². The van der Waals surface area contributed by atoms with Gasteiger partial charge in [-0.1, -0.05) is 0 Å². The van der Waals surface area contributed by atoms with Crippen LogP contribution in [0.1, 0.15) is 0 Å². The standard InChI is InChI=1S/C7H9NO2/c1-8-10-7-4-2-6(9)3-5-7/h2-5,8-9H,1H3. The highest BCUT2D eigenvalue weighted by atomic mass is 16.6. The van der Waals surface area contributed by atoms with Crippen LogP contribution in [-0.4, -0.2) is 12.2 Å². The summed E-state index contributed by atoms with van der Waals surface area (Å²) in [6, 6.07) is 6.47. The number of hydrogen-bond donors (Lipinski definition) is 2. The van der Waals surface area contributed by atoms with E-state index < -0.39 is 0 Å². The fourth-order valence-corrected chi connectivity index (χ4v) is 0.632. The summed E-state index contributed by atoms with van der Waals surface area (Å²) in [5, 5.41) is 8.85. The summed E-state index contributed by atoms with van der Waals surface area (Å²) >= 11 is 0. The Bertz CT molecular complexity index is 195. The molecule has 0 bridgehead atoms. The fraction of sp³-hybridized carbons (Fsp3) is 0.143. The predicted octanol–water partition coefficient (Wildman–Crippen LogP) is 0.905. The molecular weight excluding hydrogens is 130 g/mol. The third-order valence-corrected chi connectivity index (χ3v) is 1.06. The minimum absolute atomic E-state index is 0.239. The van der Waals surface area contributed by atoms with Crippen molar-refractivity contribution in [3.8, 4) is 11.5 Å². The Balaban J connectivity index is 2.69. The van der Waals surface area contributed by atoms with Crippen molar-refractivity contribution in [2.75, 3.05) is 7.05 Å². The largest absolute Gasteiger partial charge is 0.508 e. The average Bonchev–Trinajstić information content (AvgIpc) is 1.95. The second kappa shape index (κ2) is 3.08. The van der Waals surface area contributed by atoms with E-state index in [9.17, 15) is 0 Å². The number of phenolic OH excluding ortho intramolecular Hbond substituents is 1. The molecule has 0 aliphatic carbocycles. The quantitative estimate of drug-likeness (QED) is 0.598. The number of rotatable bonds is 2. The molecule has 0 saturated carbocycles. The number of benzene rings is 1. The van der Waals surface area contributed by atoms with Crippen molar-refractivity contribution >= 4 is 0 Å². The predicted molar refractivity (Wildman–Crippen MR) is 37.8 cm³/mol. The van der Waals surface area contributed by atoms with E-state index in [4.69, 9.17) is 9.94 Å². The first-order valence-electron chi connectivity index (χ1n) is 2.95. The molecule has 54 valence electrons. The Morgan fingerprint density at radius 1 is 1.30 bits per heavy atom. The molecule has 10 heavy (non-hydrogen) atoms. The van der Waals surface area contributed by atoms with Crippen molar-refractivity contribution < 1.29 is 9.94 Å². The number of aromatic hydroxyl groups is 1. The van der Waals surface area contributed by atoms with E-state index in [0.29, 0.717) is 5.75 Å². The molecule has 0 atom stereocenters. The Morgan fingerprint density at radius 3 is 2.40 bits per heavy atom. The summed E-state index contributed by atoms with van der Waals surface area (Å²) in [7, 11) is 1.67. The van der Waals surface area contributed by atoms with E-state index in [1.54, 1.807) is 31.3 Å². The van der Waals surface area contributed by atoms with Gasteiger partial charge < -0.3 is 9.94 Å². The van der Waals surface area contributed by atoms with Gasteiger partial charge in [-0.15, -0.1) is 0 Å². The molecule has 1 rings (SSSR count). The maximum absolute atomic E-state index is 8.85. The molecule has 3 nitrogen and oxygen atoms in total. The molecule has 0 aromatic heterocycles. The monoisotopic (exact) mass is 139 g/mol. The molecule has 0 amide bonds. The van der Waals surface area contributed by atoms with Crippen LogP contribution in [-0.2, 0) is 0 Å². The summed E-state index contributed by atoms with van der Waals surface area (Å²) in [5.41, 5.74) is 2.52. The van der Waals surface area contributed by atoms with Crippen molar-refractivity contribution in [2.45, 2.75) is 0 Å². The lowest BCUT2D eigenvalue weighted by Crippen LogP contribution is -2.10. The second-order valence-corrected chi connectivity index (χ2v) is 1.80. The molecule has 1 aromatic carbocycles. The minimum atomic E-state index is 0.239. The molecule has 0 aliphatic heterocycles. The lowest BCUT2D eigenvalue weighted by molar-refractivity contribution is 0.223. The third kappa shape index (κ3) is 1.63. The third-order valence-electron chi connectivity index (χ3n) is 1.06. The maximum atomic E-state index is 8.85. The summed E-state index contributed by atoms with van der Waals surface area (Å²) in [4.78, 5) is 4.90. The lowest BCUT2D eigenvalue weighted by atomic mass is 10.3. The number of hydroxylamine groups is 1. The van der Waals surface area contributed by atoms with E-state index in [0.717, 1.165) is 0 Å². The SMILES string of the molecule is CNOc1ccc(O)cc1. The molecule has 0 aliphatic rings. The van der Waals surface area contributed by atoms with Crippen LogP contribution in [0.4, 0.5) is 0 Å². The second-order valence-electron chi connectivity index (χ2n) is 1.80. The van der Waals surface area contributed by atoms with Gasteiger partial charge in [0, 0.05) is 7.05 Å². The van der Waals surface area contributed by atoms with Crippen LogP contribution >= 0.6 is 0 Å². The molecule has 2 N–H and O–H groups in total. The van der Waals surface area contributed by atoms with Crippen molar-refractivity contribution in [3.05, 3.63) is 24.3 Å². The van der Waals surface area contributed by atoms with Crippen molar-refractivity contribution in [3.63, 3.8) is 0 Å². The number of hydrogen-bond acceptors (Lipinski definition) is 3. The average molecular weight is 139 g/mol. The van der Waals surface area contributed by atoms with Crippen LogP contribution in [0.2, 0.25) is 0 Å². The van der Waals surface area contributed by atoms with Crippen LogP contribution in [0.3, 0.4) is 0 Å². The lowest BCUT2D eigenvalue weighted by Gasteiger charge is -2.00. The topological polar surface area (TPSA) is 41.5 Å². The molecule has 0 spiro atoms. The Hall–Kier alpha value is -1.22. The zero-order valence-electron chi connectivity index (χ0n) is 5.66. The molecule has 0 heterocycles. The normalized spacial score (nSPS) is 9.30. The summed E-state index contributed by atoms with van der Waals surface area (Å²) < 4.78 is 0. The van der Waals surface area contributed by atoms with Gasteiger partial charge in [-0.05, 0) is 24.3 Å². The van der Waals surface area contributed by atoms with Gasteiger partial charge in [-0.3, -0.25) is 0 Å². The highest BCUT2D eigenvalue weighted by Gasteiger charge is 1.89. The van der Waals surface area contributed by atoms with E-state index in [-0.39, 0.29) is 5.75 Å². The molecule has 0 fully saturated rings. The van der Waals surface area contributed by atoms with Crippen molar-refractivity contribution in [2.24, 2.45) is 0 Å². The van der Waals surface area contributed by atoms with Gasteiger partial charge in [0.25, 0.3) is 0 Å². The molecular formula is C7H9NO2. The number of nitrogens with one attached hydrogen (secondary N) is 1. The fourth-order valence-electron chi connectivity index (χ4n) is 0.632. The summed E-state index contributed by atoms with van der Waals surface area (Å²) in [5.74, 6) is 0.920. The van der Waals surface area contributed by atoms with Crippen LogP contribution in [0.15, 0.2) is 24.3 Å². The first-order valence-corrected chi connectivity index (χ1v) is 2.95. The smallest absolute Gasteiger partial charge is 0.147 e. The zero-order chi connectivity index (χ0) is 7.40. The maximum Gasteiger partial charge on any atom is 0.147 e. The first-order chi connectivity index (χ1) is 4.83. The van der Waals surface area contributed by atoms with E-state index in [1.807, 2.05) is 0 Å².